The van der Waals surface area contributed by atoms with Gasteiger partial charge in [0, 0.05) is 6.20 Å². The monoisotopic (exact) mass is 276 g/mol. The maximum atomic E-state index is 10.7. The van der Waals surface area contributed by atoms with Crippen LogP contribution in [0.5, 0.6) is 11.5 Å². The second-order valence-electron chi connectivity index (χ2n) is 4.14. The molecule has 2 aromatic rings. The molecule has 0 spiro atoms. The topological polar surface area (TPSA) is 73.6 Å². The van der Waals surface area contributed by atoms with Crippen LogP contribution in [0.4, 0.5) is 0 Å². The van der Waals surface area contributed by atoms with E-state index in [0.717, 1.165) is 12.2 Å². The lowest BCUT2D eigenvalue weighted by Crippen LogP contribution is -2.07. The average molecular weight is 276 g/mol. The van der Waals surface area contributed by atoms with Gasteiger partial charge in [0.1, 0.15) is 11.5 Å². The van der Waals surface area contributed by atoms with E-state index in [1.807, 2.05) is 19.1 Å². The van der Waals surface area contributed by atoms with Crippen molar-refractivity contribution >= 4 is 5.97 Å². The predicted octanol–water partition coefficient (Wildman–Crippen LogP) is 2.41. The Labute approximate surface area is 116 Å². The molecule has 0 amide bonds. The summed E-state index contributed by atoms with van der Waals surface area (Å²) < 4.78 is 12.4. The Morgan fingerprint density at radius 2 is 1.85 bits per heavy atom. The van der Waals surface area contributed by atoms with Crippen molar-refractivity contribution in [3.05, 3.63) is 42.2 Å². The molecule has 6 nitrogen and oxygen atoms in total. The van der Waals surface area contributed by atoms with Gasteiger partial charge in [-0.05, 0) is 36.8 Å². The van der Waals surface area contributed by atoms with Gasteiger partial charge in [-0.15, -0.1) is 0 Å². The van der Waals surface area contributed by atoms with Gasteiger partial charge in [-0.2, -0.15) is 5.10 Å². The van der Waals surface area contributed by atoms with E-state index in [1.54, 1.807) is 18.3 Å². The molecule has 1 aromatic heterocycles. The fourth-order valence-corrected chi connectivity index (χ4v) is 1.54. The zero-order chi connectivity index (χ0) is 14.4. The molecule has 1 aromatic carbocycles. The largest absolute Gasteiger partial charge is 0.494 e. The van der Waals surface area contributed by atoms with Gasteiger partial charge in [-0.3, -0.25) is 0 Å². The zero-order valence-electron chi connectivity index (χ0n) is 11.2. The van der Waals surface area contributed by atoms with Crippen LogP contribution in [0.1, 0.15) is 23.8 Å². The van der Waals surface area contributed by atoms with Crippen molar-refractivity contribution in [1.82, 2.24) is 9.78 Å². The molecule has 6 heteroatoms. The normalized spacial score (nSPS) is 10.2. The van der Waals surface area contributed by atoms with Gasteiger partial charge in [-0.1, -0.05) is 6.92 Å². The number of aromatic carboxylic acids is 1. The van der Waals surface area contributed by atoms with Crippen molar-refractivity contribution in [3.8, 4) is 11.5 Å². The predicted molar refractivity (Wildman–Crippen MR) is 72.0 cm³/mol. The Morgan fingerprint density at radius 1 is 1.20 bits per heavy atom. The van der Waals surface area contributed by atoms with Crippen molar-refractivity contribution in [1.29, 1.82) is 0 Å². The minimum atomic E-state index is -1.05. The smallest absolute Gasteiger partial charge is 0.356 e. The van der Waals surface area contributed by atoms with E-state index in [9.17, 15) is 4.79 Å². The first-order chi connectivity index (χ1) is 9.69. The Hall–Kier alpha value is -2.50. The number of rotatable bonds is 7. The van der Waals surface area contributed by atoms with E-state index in [0.29, 0.717) is 12.4 Å². The van der Waals surface area contributed by atoms with Crippen LogP contribution in [0.25, 0.3) is 0 Å². The SMILES string of the molecule is CCCOc1ccc(OCn2ccc(C(=O)O)n2)cc1. The lowest BCUT2D eigenvalue weighted by atomic mass is 10.3. The molecule has 0 radical (unpaired) electrons. The van der Waals surface area contributed by atoms with E-state index >= 15 is 0 Å². The number of carboxylic acids is 1. The van der Waals surface area contributed by atoms with E-state index in [2.05, 4.69) is 5.10 Å². The number of nitrogens with zero attached hydrogens (tertiary/aromatic N) is 2. The van der Waals surface area contributed by atoms with Gasteiger partial charge < -0.3 is 14.6 Å². The maximum absolute atomic E-state index is 10.7. The minimum absolute atomic E-state index is 0.00286. The quantitative estimate of drug-likeness (QED) is 0.840. The summed E-state index contributed by atoms with van der Waals surface area (Å²) in [7, 11) is 0. The first-order valence-electron chi connectivity index (χ1n) is 6.31. The summed E-state index contributed by atoms with van der Waals surface area (Å²) in [5.74, 6) is 0.411. The second-order valence-corrected chi connectivity index (χ2v) is 4.14. The number of benzene rings is 1. The van der Waals surface area contributed by atoms with Crippen LogP contribution < -0.4 is 9.47 Å². The molecule has 106 valence electrons. The molecule has 0 bridgehead atoms. The average Bonchev–Trinajstić information content (AvgIpc) is 2.93. The van der Waals surface area contributed by atoms with E-state index in [4.69, 9.17) is 14.6 Å². The van der Waals surface area contributed by atoms with Crippen LogP contribution in [-0.4, -0.2) is 27.5 Å². The first kappa shape index (κ1) is 13.9. The van der Waals surface area contributed by atoms with Crippen molar-refractivity contribution in [2.24, 2.45) is 0 Å². The molecule has 0 unspecified atom stereocenters. The third kappa shape index (κ3) is 3.74. The summed E-state index contributed by atoms with van der Waals surface area (Å²) in [6.45, 7) is 2.89. The van der Waals surface area contributed by atoms with Gasteiger partial charge in [0.05, 0.1) is 6.61 Å². The van der Waals surface area contributed by atoms with Gasteiger partial charge in [0.15, 0.2) is 12.4 Å². The Morgan fingerprint density at radius 3 is 2.40 bits per heavy atom. The molecule has 0 saturated carbocycles. The lowest BCUT2D eigenvalue weighted by molar-refractivity contribution is 0.0688. The summed E-state index contributed by atoms with van der Waals surface area (Å²) in [6.07, 6.45) is 2.52. The molecule has 1 N–H and O–H groups in total. The molecular formula is C14H16N2O4. The number of carbonyl (C=O) groups is 1. The molecule has 0 aliphatic carbocycles. The molecule has 0 saturated heterocycles. The van der Waals surface area contributed by atoms with Crippen LogP contribution in [0.2, 0.25) is 0 Å². The summed E-state index contributed by atoms with van der Waals surface area (Å²) >= 11 is 0. The van der Waals surface area contributed by atoms with E-state index in [-0.39, 0.29) is 12.4 Å². The zero-order valence-corrected chi connectivity index (χ0v) is 11.2. The van der Waals surface area contributed by atoms with Crippen molar-refractivity contribution in [3.63, 3.8) is 0 Å². The number of carboxylic acid groups (broad SMARTS) is 1. The summed E-state index contributed by atoms with van der Waals surface area (Å²) in [6, 6.07) is 8.68. The Bertz CT molecular complexity index is 563. The molecule has 0 aliphatic heterocycles. The number of hydrogen-bond acceptors (Lipinski definition) is 4. The fraction of sp³-hybridized carbons (Fsp3) is 0.286. The highest BCUT2D eigenvalue weighted by Crippen LogP contribution is 2.18. The second kappa shape index (κ2) is 6.60. The summed E-state index contributed by atoms with van der Waals surface area (Å²) in [4.78, 5) is 10.7. The van der Waals surface area contributed by atoms with Crippen LogP contribution in [0.15, 0.2) is 36.5 Å². The third-order valence-electron chi connectivity index (χ3n) is 2.52. The van der Waals surface area contributed by atoms with Crippen LogP contribution in [-0.2, 0) is 6.73 Å². The van der Waals surface area contributed by atoms with Crippen molar-refractivity contribution < 1.29 is 19.4 Å². The molecular weight excluding hydrogens is 260 g/mol. The maximum Gasteiger partial charge on any atom is 0.356 e. The van der Waals surface area contributed by atoms with Crippen LogP contribution >= 0.6 is 0 Å². The number of ether oxygens (including phenoxy) is 2. The molecule has 0 aliphatic rings. The van der Waals surface area contributed by atoms with E-state index < -0.39 is 5.97 Å². The first-order valence-corrected chi connectivity index (χ1v) is 6.31. The fourth-order valence-electron chi connectivity index (χ4n) is 1.54. The standard InChI is InChI=1S/C14H16N2O4/c1-2-9-19-11-3-5-12(6-4-11)20-10-16-8-7-13(15-16)14(17)18/h3-8H,2,9-10H2,1H3,(H,17,18). The van der Waals surface area contributed by atoms with Gasteiger partial charge in [-0.25, -0.2) is 9.48 Å². The highest BCUT2D eigenvalue weighted by molar-refractivity contribution is 5.84. The number of aromatic nitrogens is 2. The van der Waals surface area contributed by atoms with Crippen molar-refractivity contribution in [2.45, 2.75) is 20.1 Å². The van der Waals surface area contributed by atoms with Gasteiger partial charge in [0.25, 0.3) is 0 Å². The number of hydrogen-bond donors (Lipinski definition) is 1. The minimum Gasteiger partial charge on any atom is -0.494 e. The van der Waals surface area contributed by atoms with Crippen molar-refractivity contribution in [2.75, 3.05) is 6.61 Å². The molecule has 20 heavy (non-hydrogen) atoms. The van der Waals surface area contributed by atoms with E-state index in [1.165, 1.54) is 10.7 Å². The molecule has 0 fully saturated rings. The summed E-state index contributed by atoms with van der Waals surface area (Å²) in [5.41, 5.74) is -0.00286. The molecule has 1 heterocycles. The highest BCUT2D eigenvalue weighted by Gasteiger charge is 2.06. The van der Waals surface area contributed by atoms with Crippen LogP contribution in [0.3, 0.4) is 0 Å². The highest BCUT2D eigenvalue weighted by atomic mass is 16.5. The van der Waals surface area contributed by atoms with Crippen LogP contribution in [0, 0.1) is 0 Å². The van der Waals surface area contributed by atoms with Gasteiger partial charge >= 0.3 is 5.97 Å². The summed E-state index contributed by atoms with van der Waals surface area (Å²) in [5, 5.41) is 12.6. The molecule has 2 rings (SSSR count). The Balaban J connectivity index is 1.88. The van der Waals surface area contributed by atoms with Gasteiger partial charge in [0.2, 0.25) is 0 Å². The Kier molecular flexibility index (Phi) is 4.60. The lowest BCUT2D eigenvalue weighted by Gasteiger charge is -2.08. The molecule has 0 atom stereocenters. The third-order valence-corrected chi connectivity index (χ3v) is 2.52.